The van der Waals surface area contributed by atoms with Crippen molar-refractivity contribution >= 4 is 11.9 Å². The Balaban J connectivity index is 0.990. The summed E-state index contributed by atoms with van der Waals surface area (Å²) >= 11 is 0. The third kappa shape index (κ3) is 5.87. The van der Waals surface area contributed by atoms with Gasteiger partial charge >= 0.3 is 24.3 Å². The molecule has 0 aromatic rings. The van der Waals surface area contributed by atoms with Crippen LogP contribution in [0.15, 0.2) is 22.7 Å². The molecule has 4 bridgehead atoms. The Morgan fingerprint density at radius 1 is 0.642 bits per heavy atom. The Morgan fingerprint density at radius 3 is 1.42 bits per heavy atom. The van der Waals surface area contributed by atoms with Crippen molar-refractivity contribution in [1.29, 1.82) is 0 Å². The summed E-state index contributed by atoms with van der Waals surface area (Å²) < 4.78 is 120. The lowest BCUT2D eigenvalue weighted by molar-refractivity contribution is -0.558. The number of fused-ring (bicyclic) bond motifs is 4. The van der Waals surface area contributed by atoms with Gasteiger partial charge in [-0.05, 0) is 64.2 Å². The van der Waals surface area contributed by atoms with Crippen molar-refractivity contribution < 1.29 is 83.9 Å². The Kier molecular flexibility index (Phi) is 8.75. The molecule has 6 saturated heterocycles. The van der Waals surface area contributed by atoms with Crippen molar-refractivity contribution in [1.82, 2.24) is 0 Å². The van der Waals surface area contributed by atoms with Crippen LogP contribution in [-0.4, -0.2) is 72.9 Å². The second-order valence-corrected chi connectivity index (χ2v) is 16.2. The van der Waals surface area contributed by atoms with Gasteiger partial charge in [0.15, 0.2) is 11.2 Å². The molecule has 18 heteroatoms. The Labute approximate surface area is 300 Å². The number of hydrogen-bond donors (Lipinski definition) is 0. The van der Waals surface area contributed by atoms with Crippen LogP contribution in [0.25, 0.3) is 0 Å². The fraction of sp³-hybridized carbons (Fsp3) is 0.829. The average molecular weight is 769 g/mol. The van der Waals surface area contributed by atoms with Crippen LogP contribution in [0.2, 0.25) is 0 Å². The van der Waals surface area contributed by atoms with E-state index in [9.17, 15) is 35.9 Å². The predicted molar refractivity (Wildman–Crippen MR) is 160 cm³/mol. The molecule has 8 aliphatic heterocycles. The monoisotopic (exact) mass is 768 g/mol. The normalized spacial score (nSPS) is 44.6. The molecule has 2 saturated carbocycles. The van der Waals surface area contributed by atoms with Crippen LogP contribution >= 0.6 is 0 Å². The van der Waals surface area contributed by atoms with Crippen LogP contribution in [0, 0.1) is 35.5 Å². The molecule has 0 aromatic heterocycles. The molecular formula is C35H42F6O12. The van der Waals surface area contributed by atoms with E-state index in [1.165, 1.54) is 0 Å². The zero-order valence-corrected chi connectivity index (χ0v) is 29.6. The molecule has 296 valence electrons. The smallest absolute Gasteiger partial charge is 0.449 e. The minimum atomic E-state index is -4.99. The highest BCUT2D eigenvalue weighted by Gasteiger charge is 2.72. The number of ether oxygens (including phenoxy) is 6. The largest absolute Gasteiger partial charge is 0.461 e. The van der Waals surface area contributed by atoms with Crippen LogP contribution in [0.1, 0.15) is 85.5 Å². The van der Waals surface area contributed by atoms with Gasteiger partial charge in [0.25, 0.3) is 0 Å². The van der Waals surface area contributed by atoms with E-state index in [1.807, 2.05) is 13.8 Å². The maximum atomic E-state index is 14.5. The van der Waals surface area contributed by atoms with Gasteiger partial charge in [-0.25, -0.2) is 19.6 Å². The summed E-state index contributed by atoms with van der Waals surface area (Å²) in [5, 5.41) is 0. The van der Waals surface area contributed by atoms with Gasteiger partial charge in [0, 0.05) is 47.7 Å². The van der Waals surface area contributed by atoms with Crippen molar-refractivity contribution in [3.05, 3.63) is 22.7 Å². The van der Waals surface area contributed by atoms with E-state index in [4.69, 9.17) is 48.0 Å². The van der Waals surface area contributed by atoms with Crippen LogP contribution in [-0.2, 0) is 57.6 Å². The summed E-state index contributed by atoms with van der Waals surface area (Å²) in [4.78, 5) is 48.9. The SMILES string of the molecule is C[C@@H]1CC[C@H]2C(COC(=O)CC(=O)OCC3=C(C(F)(F)F)O[C@@H]4O[C@]5(C)CCC6[C@H](C)CC[C@@H]3[C@]64OO5)=C(C(F)(F)F)O[C@@H]3O[C@@]4(C)CCC1[C@]32OO4. The number of esters is 2. The van der Waals surface area contributed by atoms with E-state index in [1.54, 1.807) is 13.8 Å². The highest BCUT2D eigenvalue weighted by atomic mass is 19.4. The van der Waals surface area contributed by atoms with Crippen molar-refractivity contribution in [3.63, 3.8) is 0 Å². The molecule has 10 rings (SSSR count). The zero-order valence-electron chi connectivity index (χ0n) is 29.6. The summed E-state index contributed by atoms with van der Waals surface area (Å²) in [6.45, 7) is 5.27. The molecule has 0 aromatic carbocycles. The molecule has 2 aliphatic carbocycles. The van der Waals surface area contributed by atoms with E-state index in [0.29, 0.717) is 38.5 Å². The molecule has 53 heavy (non-hydrogen) atoms. The van der Waals surface area contributed by atoms with Gasteiger partial charge in [0.2, 0.25) is 35.7 Å². The lowest BCUT2D eigenvalue weighted by atomic mass is 9.59. The first-order chi connectivity index (χ1) is 24.8. The first-order valence-corrected chi connectivity index (χ1v) is 18.1. The van der Waals surface area contributed by atoms with Gasteiger partial charge in [-0.15, -0.1) is 0 Å². The molecule has 12 atom stereocenters. The van der Waals surface area contributed by atoms with Gasteiger partial charge in [0.05, 0.1) is 0 Å². The van der Waals surface area contributed by atoms with Crippen molar-refractivity contribution in [2.75, 3.05) is 13.2 Å². The van der Waals surface area contributed by atoms with Gasteiger partial charge in [0.1, 0.15) is 19.6 Å². The van der Waals surface area contributed by atoms with Crippen LogP contribution in [0.3, 0.4) is 0 Å². The van der Waals surface area contributed by atoms with Crippen LogP contribution in [0.5, 0.6) is 0 Å². The van der Waals surface area contributed by atoms with E-state index in [2.05, 4.69) is 0 Å². The van der Waals surface area contributed by atoms with Crippen molar-refractivity contribution in [2.45, 2.75) is 133 Å². The molecule has 2 unspecified atom stereocenters. The minimum absolute atomic E-state index is 0.0272. The molecule has 0 amide bonds. The molecular weight excluding hydrogens is 726 g/mol. The lowest BCUT2D eigenvalue weighted by Crippen LogP contribution is -2.67. The van der Waals surface area contributed by atoms with Crippen LogP contribution in [0.4, 0.5) is 26.3 Å². The Morgan fingerprint density at radius 2 is 1.04 bits per heavy atom. The zero-order chi connectivity index (χ0) is 37.9. The molecule has 0 N–H and O–H groups in total. The van der Waals surface area contributed by atoms with E-state index >= 15 is 0 Å². The number of allylic oxidation sites excluding steroid dienone is 2. The van der Waals surface area contributed by atoms with E-state index < -0.39 is 114 Å². The number of carbonyl (C=O) groups excluding carboxylic acids is 2. The number of carbonyl (C=O) groups is 2. The molecule has 12 nitrogen and oxygen atoms in total. The van der Waals surface area contributed by atoms with Crippen molar-refractivity contribution in [2.24, 2.45) is 35.5 Å². The maximum absolute atomic E-state index is 14.5. The lowest BCUT2D eigenvalue weighted by Gasteiger charge is -2.57. The maximum Gasteiger partial charge on any atom is 0.449 e. The van der Waals surface area contributed by atoms with Crippen molar-refractivity contribution in [3.8, 4) is 0 Å². The van der Waals surface area contributed by atoms with E-state index in [-0.39, 0.29) is 36.5 Å². The van der Waals surface area contributed by atoms with Gasteiger partial charge in [-0.1, -0.05) is 13.8 Å². The molecule has 2 spiro atoms. The number of alkyl halides is 6. The fourth-order valence-corrected chi connectivity index (χ4v) is 10.3. The Hall–Kier alpha value is -2.64. The molecule has 8 fully saturated rings. The molecule has 8 heterocycles. The van der Waals surface area contributed by atoms with Gasteiger partial charge < -0.3 is 28.4 Å². The summed E-state index contributed by atoms with van der Waals surface area (Å²) in [7, 11) is 0. The minimum Gasteiger partial charge on any atom is -0.461 e. The summed E-state index contributed by atoms with van der Waals surface area (Å²) in [6, 6.07) is 0. The second-order valence-electron chi connectivity index (χ2n) is 16.2. The molecule has 0 radical (unpaired) electrons. The third-order valence-corrected chi connectivity index (χ3v) is 12.9. The second kappa shape index (κ2) is 12.4. The Bertz CT molecular complexity index is 1480. The van der Waals surface area contributed by atoms with Gasteiger partial charge in [-0.2, -0.15) is 26.3 Å². The quantitative estimate of drug-likeness (QED) is 0.125. The molecule has 10 aliphatic rings. The highest BCUT2D eigenvalue weighted by molar-refractivity contribution is 5.91. The third-order valence-electron chi connectivity index (χ3n) is 12.9. The number of hydrogen-bond acceptors (Lipinski definition) is 12. The first kappa shape index (κ1) is 37.3. The topological polar surface area (TPSA) is 126 Å². The number of rotatable bonds is 6. The first-order valence-electron chi connectivity index (χ1n) is 18.1. The van der Waals surface area contributed by atoms with Gasteiger partial charge in [-0.3, -0.25) is 9.59 Å². The standard InChI is InChI=1S/C35H42F6O12/c1-16-5-7-22-18(26(34(36,37)38)46-28-32(22)20(16)9-11-30(3,48-28)50-52-32)14-44-24(42)13-25(43)45-15-19-23-8-6-17(2)21-10-12-31(4)49-29(33(21,23)53-51-31)47-27(19)35(39,40)41/h16-17,20-23,28-29H,5-15H2,1-4H3/t16-,17-,20?,21?,22+,23+,28-,29-,30-,31+,32-,33-/m1/s1. The summed E-state index contributed by atoms with van der Waals surface area (Å²) in [5.41, 5.74) is -3.68. The van der Waals surface area contributed by atoms with E-state index in [0.717, 1.165) is 0 Å². The van der Waals surface area contributed by atoms with Crippen LogP contribution < -0.4 is 0 Å². The summed E-state index contributed by atoms with van der Waals surface area (Å²) in [5.74, 6) is -10.4. The summed E-state index contributed by atoms with van der Waals surface area (Å²) in [6.07, 6.45) is -10.7. The number of halogens is 6. The predicted octanol–water partition coefficient (Wildman–Crippen LogP) is 6.59. The fourth-order valence-electron chi connectivity index (χ4n) is 10.3. The average Bonchev–Trinajstić information content (AvgIpc) is 3.45. The highest BCUT2D eigenvalue weighted by Crippen LogP contribution is 2.63.